The Hall–Kier alpha value is -0.190. The van der Waals surface area contributed by atoms with Gasteiger partial charge < -0.3 is 5.73 Å². The quantitative estimate of drug-likeness (QED) is 0.653. The summed E-state index contributed by atoms with van der Waals surface area (Å²) in [6.07, 6.45) is -2.77. The monoisotopic (exact) mass is 245 g/mol. The molecule has 0 aromatic rings. The van der Waals surface area contributed by atoms with E-state index in [0.717, 1.165) is 12.2 Å². The van der Waals surface area contributed by atoms with Gasteiger partial charge in [-0.1, -0.05) is 11.6 Å². The molecule has 0 heterocycles. The first-order valence-corrected chi connectivity index (χ1v) is 4.52. The van der Waals surface area contributed by atoms with Crippen molar-refractivity contribution in [2.45, 2.75) is 24.0 Å². The molecule has 80 valence electrons. The van der Waals surface area contributed by atoms with E-state index in [9.17, 15) is 13.2 Å². The molecule has 1 aliphatic rings. The first-order chi connectivity index (χ1) is 6.14. The highest BCUT2D eigenvalue weighted by Crippen LogP contribution is 2.38. The van der Waals surface area contributed by atoms with Crippen LogP contribution in [0, 0.1) is 0 Å². The Kier molecular flexibility index (Phi) is 2.91. The van der Waals surface area contributed by atoms with Crippen LogP contribution in [0.4, 0.5) is 13.2 Å². The van der Waals surface area contributed by atoms with Crippen LogP contribution < -0.4 is 5.73 Å². The highest BCUT2D eigenvalue weighted by molar-refractivity contribution is 6.33. The maximum atomic E-state index is 12.3. The highest BCUT2D eigenvalue weighted by Gasteiger charge is 2.41. The molecule has 6 heteroatoms. The minimum absolute atomic E-state index is 0.0858. The fourth-order valence-corrected chi connectivity index (χ4v) is 1.74. The van der Waals surface area contributed by atoms with E-state index in [1.54, 1.807) is 0 Å². The molecule has 2 unspecified atom stereocenters. The van der Waals surface area contributed by atoms with Crippen LogP contribution in [0.3, 0.4) is 0 Å². The van der Waals surface area contributed by atoms with Crippen molar-refractivity contribution in [2.75, 3.05) is 0 Å². The molecule has 1 nitrogen and oxygen atoms in total. The second-order valence-corrected chi connectivity index (χ2v) is 4.51. The smallest absolute Gasteiger partial charge is 0.322 e. The standard InChI is InChI=1S/C8H8Cl2F3N/c1-7(10)3-4(8(11,12)13)2-5(9)6(7)14/h2-3,6H,14H2,1H3. The maximum absolute atomic E-state index is 12.3. The summed E-state index contributed by atoms with van der Waals surface area (Å²) in [5.41, 5.74) is 4.66. The molecule has 0 saturated heterocycles. The SMILES string of the molecule is CC1(Cl)C=C(C(F)(F)F)C=C(Cl)C1N. The third-order valence-corrected chi connectivity index (χ3v) is 2.65. The van der Waals surface area contributed by atoms with Crippen LogP contribution >= 0.6 is 23.2 Å². The molecule has 0 aliphatic heterocycles. The van der Waals surface area contributed by atoms with Gasteiger partial charge in [0, 0.05) is 5.03 Å². The zero-order valence-corrected chi connectivity index (χ0v) is 8.71. The van der Waals surface area contributed by atoms with Crippen LogP contribution in [-0.2, 0) is 0 Å². The van der Waals surface area contributed by atoms with Crippen molar-refractivity contribution in [3.63, 3.8) is 0 Å². The van der Waals surface area contributed by atoms with Gasteiger partial charge in [-0.25, -0.2) is 0 Å². The normalized spacial score (nSPS) is 33.8. The van der Waals surface area contributed by atoms with E-state index in [0.29, 0.717) is 0 Å². The molecule has 1 aliphatic carbocycles. The maximum Gasteiger partial charge on any atom is 0.416 e. The lowest BCUT2D eigenvalue weighted by Crippen LogP contribution is -2.42. The molecule has 0 saturated carbocycles. The summed E-state index contributed by atoms with van der Waals surface area (Å²) >= 11 is 11.4. The third-order valence-electron chi connectivity index (χ3n) is 1.96. The lowest BCUT2D eigenvalue weighted by atomic mass is 9.92. The van der Waals surface area contributed by atoms with Gasteiger partial charge in [0.25, 0.3) is 0 Å². The number of hydrogen-bond donors (Lipinski definition) is 1. The first-order valence-electron chi connectivity index (χ1n) is 3.76. The fraction of sp³-hybridized carbons (Fsp3) is 0.500. The molecular weight excluding hydrogens is 238 g/mol. The van der Waals surface area contributed by atoms with Crippen molar-refractivity contribution in [3.05, 3.63) is 22.8 Å². The fourth-order valence-electron chi connectivity index (χ4n) is 1.11. The lowest BCUT2D eigenvalue weighted by molar-refractivity contribution is -0.0888. The second-order valence-electron chi connectivity index (χ2n) is 3.26. The molecule has 0 fully saturated rings. The highest BCUT2D eigenvalue weighted by atomic mass is 35.5. The Bertz CT molecular complexity index is 304. The van der Waals surface area contributed by atoms with Crippen LogP contribution in [0.25, 0.3) is 0 Å². The number of allylic oxidation sites excluding steroid dienone is 2. The largest absolute Gasteiger partial charge is 0.416 e. The zero-order valence-electron chi connectivity index (χ0n) is 7.20. The summed E-state index contributed by atoms with van der Waals surface area (Å²) in [7, 11) is 0. The van der Waals surface area contributed by atoms with Gasteiger partial charge in [0.2, 0.25) is 0 Å². The number of halogens is 5. The van der Waals surface area contributed by atoms with Crippen molar-refractivity contribution >= 4 is 23.2 Å². The van der Waals surface area contributed by atoms with E-state index in [4.69, 9.17) is 28.9 Å². The van der Waals surface area contributed by atoms with Gasteiger partial charge in [-0.15, -0.1) is 11.6 Å². The Balaban J connectivity index is 3.13. The van der Waals surface area contributed by atoms with E-state index in [2.05, 4.69) is 0 Å². The average molecular weight is 246 g/mol. The van der Waals surface area contributed by atoms with Crippen LogP contribution in [0.15, 0.2) is 22.8 Å². The molecular formula is C8H8Cl2F3N. The Morgan fingerprint density at radius 1 is 1.50 bits per heavy atom. The van der Waals surface area contributed by atoms with Crippen molar-refractivity contribution in [2.24, 2.45) is 5.73 Å². The van der Waals surface area contributed by atoms with Gasteiger partial charge >= 0.3 is 6.18 Å². The molecule has 0 aromatic carbocycles. The zero-order chi connectivity index (χ0) is 11.1. The predicted octanol–water partition coefficient (Wildman–Crippen LogP) is 2.94. The van der Waals surface area contributed by atoms with Gasteiger partial charge in [-0.05, 0) is 19.1 Å². The first kappa shape index (κ1) is 11.9. The van der Waals surface area contributed by atoms with Crippen LogP contribution in [0.1, 0.15) is 6.92 Å². The van der Waals surface area contributed by atoms with Gasteiger partial charge in [-0.2, -0.15) is 13.2 Å². The topological polar surface area (TPSA) is 26.0 Å². The number of rotatable bonds is 0. The van der Waals surface area contributed by atoms with Crippen LogP contribution in [-0.4, -0.2) is 17.1 Å². The predicted molar refractivity (Wildman–Crippen MR) is 50.3 cm³/mol. The van der Waals surface area contributed by atoms with Crippen molar-refractivity contribution in [1.82, 2.24) is 0 Å². The van der Waals surface area contributed by atoms with Crippen LogP contribution in [0.2, 0.25) is 0 Å². The van der Waals surface area contributed by atoms with Gasteiger partial charge in [0.15, 0.2) is 0 Å². The molecule has 1 rings (SSSR count). The minimum atomic E-state index is -4.45. The third kappa shape index (κ3) is 2.24. The summed E-state index contributed by atoms with van der Waals surface area (Å²) < 4.78 is 36.9. The van der Waals surface area contributed by atoms with Crippen molar-refractivity contribution < 1.29 is 13.2 Å². The summed E-state index contributed by atoms with van der Waals surface area (Å²) in [6, 6.07) is -0.808. The van der Waals surface area contributed by atoms with Crippen molar-refractivity contribution in [3.8, 4) is 0 Å². The number of hydrogen-bond acceptors (Lipinski definition) is 1. The Morgan fingerprint density at radius 3 is 2.36 bits per heavy atom. The lowest BCUT2D eigenvalue weighted by Gasteiger charge is -2.30. The molecule has 2 N–H and O–H groups in total. The van der Waals surface area contributed by atoms with E-state index in [1.807, 2.05) is 0 Å². The van der Waals surface area contributed by atoms with E-state index >= 15 is 0 Å². The van der Waals surface area contributed by atoms with Gasteiger partial charge in [0.05, 0.1) is 16.5 Å². The van der Waals surface area contributed by atoms with Crippen molar-refractivity contribution in [1.29, 1.82) is 0 Å². The molecule has 2 atom stereocenters. The van der Waals surface area contributed by atoms with Gasteiger partial charge in [0.1, 0.15) is 0 Å². The van der Waals surface area contributed by atoms with Crippen LogP contribution in [0.5, 0.6) is 0 Å². The summed E-state index contributed by atoms with van der Waals surface area (Å²) in [5.74, 6) is 0. The van der Waals surface area contributed by atoms with E-state index < -0.39 is 22.7 Å². The number of alkyl halides is 4. The summed E-state index contributed by atoms with van der Waals surface area (Å²) in [6.45, 7) is 1.39. The van der Waals surface area contributed by atoms with Gasteiger partial charge in [-0.3, -0.25) is 0 Å². The molecule has 14 heavy (non-hydrogen) atoms. The molecule has 0 radical (unpaired) electrons. The molecule has 0 bridgehead atoms. The molecule has 0 spiro atoms. The summed E-state index contributed by atoms with van der Waals surface area (Å²) in [5, 5.41) is -0.0858. The second kappa shape index (κ2) is 3.43. The average Bonchev–Trinajstić information content (AvgIpc) is 1.97. The number of nitrogens with two attached hydrogens (primary N) is 1. The summed E-state index contributed by atoms with van der Waals surface area (Å²) in [4.78, 5) is -1.29. The van der Waals surface area contributed by atoms with E-state index in [1.165, 1.54) is 6.92 Å². The van der Waals surface area contributed by atoms with E-state index in [-0.39, 0.29) is 5.03 Å². The molecule has 0 amide bonds. The molecule has 0 aromatic heterocycles. The Morgan fingerprint density at radius 2 is 2.00 bits per heavy atom. The minimum Gasteiger partial charge on any atom is -0.322 e. The Labute approximate surface area is 89.4 Å².